The minimum absolute atomic E-state index is 0.0266. The molecule has 6 nitrogen and oxygen atoms in total. The van der Waals surface area contributed by atoms with Gasteiger partial charge in [-0.2, -0.15) is 13.2 Å². The number of fused-ring (bicyclic) bond motifs is 1. The van der Waals surface area contributed by atoms with Gasteiger partial charge in [0.2, 0.25) is 0 Å². The first kappa shape index (κ1) is 24.8. The minimum Gasteiger partial charge on any atom is -0.507 e. The quantitative estimate of drug-likeness (QED) is 0.554. The smallest absolute Gasteiger partial charge is 0.416 e. The predicted octanol–water partition coefficient (Wildman–Crippen LogP) is 4.61. The number of rotatable bonds is 1. The van der Waals surface area contributed by atoms with Gasteiger partial charge in [0.25, 0.3) is 0 Å². The predicted molar refractivity (Wildman–Crippen MR) is 108 cm³/mol. The molecule has 1 saturated carbocycles. The molecule has 1 aromatic heterocycles. The Morgan fingerprint density at radius 3 is 2.26 bits per heavy atom. The average molecular weight is 445 g/mol. The van der Waals surface area contributed by atoms with Crippen LogP contribution in [0.15, 0.2) is 12.1 Å². The van der Waals surface area contributed by atoms with E-state index in [4.69, 9.17) is 15.6 Å². The Hall–Kier alpha value is -2.46. The Balaban J connectivity index is 0.000000363. The van der Waals surface area contributed by atoms with Gasteiger partial charge in [-0.25, -0.2) is 4.39 Å². The topological polar surface area (TPSA) is 101 Å². The third kappa shape index (κ3) is 6.04. The summed E-state index contributed by atoms with van der Waals surface area (Å²) in [7, 11) is 0. The lowest BCUT2D eigenvalue weighted by molar-refractivity contribution is -0.137. The van der Waals surface area contributed by atoms with E-state index in [1.54, 1.807) is 0 Å². The first-order chi connectivity index (χ1) is 14.7. The Bertz CT molecular complexity index is 862. The lowest BCUT2D eigenvalue weighted by atomic mass is 9.96. The van der Waals surface area contributed by atoms with E-state index in [1.807, 2.05) is 13.8 Å². The Morgan fingerprint density at radius 2 is 1.74 bits per heavy atom. The Labute approximate surface area is 178 Å². The zero-order valence-corrected chi connectivity index (χ0v) is 17.5. The van der Waals surface area contributed by atoms with Crippen molar-refractivity contribution in [1.82, 2.24) is 10.2 Å². The van der Waals surface area contributed by atoms with Crippen molar-refractivity contribution < 1.29 is 32.5 Å². The normalized spacial score (nSPS) is 16.0. The number of anilines is 1. The maximum Gasteiger partial charge on any atom is 0.416 e. The van der Waals surface area contributed by atoms with Crippen LogP contribution < -0.4 is 5.73 Å². The van der Waals surface area contributed by atoms with Gasteiger partial charge in [-0.1, -0.05) is 26.7 Å². The highest BCUT2D eigenvalue weighted by Gasteiger charge is 2.33. The van der Waals surface area contributed by atoms with Gasteiger partial charge >= 0.3 is 6.18 Å². The molecule has 0 atom stereocenters. The van der Waals surface area contributed by atoms with Crippen LogP contribution in [0.2, 0.25) is 0 Å². The number of benzene rings is 1. The molecule has 0 amide bonds. The van der Waals surface area contributed by atoms with Crippen molar-refractivity contribution in [2.45, 2.75) is 64.8 Å². The second-order valence-electron chi connectivity index (χ2n) is 6.98. The number of phenolic OH excluding ortho intramolecular Hbond substituents is 1. The van der Waals surface area contributed by atoms with Gasteiger partial charge in [0.05, 0.1) is 30.4 Å². The number of hydrogen-bond donors (Lipinski definition) is 3. The number of aliphatic hydroxyl groups is 1. The maximum atomic E-state index is 14.2. The molecule has 1 aromatic carbocycles. The molecule has 2 aromatic rings. The van der Waals surface area contributed by atoms with Crippen LogP contribution >= 0.6 is 0 Å². The largest absolute Gasteiger partial charge is 0.507 e. The van der Waals surface area contributed by atoms with Crippen molar-refractivity contribution in [1.29, 1.82) is 0 Å². The van der Waals surface area contributed by atoms with Crippen LogP contribution in [0, 0.1) is 5.82 Å². The number of phenols is 1. The van der Waals surface area contributed by atoms with E-state index >= 15 is 0 Å². The van der Waals surface area contributed by atoms with Gasteiger partial charge in [-0.3, -0.25) is 0 Å². The monoisotopic (exact) mass is 445 g/mol. The van der Waals surface area contributed by atoms with Crippen molar-refractivity contribution in [2.75, 3.05) is 12.3 Å². The van der Waals surface area contributed by atoms with Crippen LogP contribution in [0.1, 0.15) is 56.2 Å². The summed E-state index contributed by atoms with van der Waals surface area (Å²) in [6.07, 6.45) is 0.175. The molecule has 10 heteroatoms. The molecule has 0 spiro atoms. The van der Waals surface area contributed by atoms with Crippen LogP contribution in [-0.4, -0.2) is 33.1 Å². The second-order valence-corrected chi connectivity index (χ2v) is 6.98. The fourth-order valence-corrected chi connectivity index (χ4v) is 3.40. The van der Waals surface area contributed by atoms with Gasteiger partial charge in [-0.15, -0.1) is 10.2 Å². The van der Waals surface area contributed by atoms with Gasteiger partial charge in [0.15, 0.2) is 5.82 Å². The highest BCUT2D eigenvalue weighted by Crippen LogP contribution is 2.40. The fraction of sp³-hybridized carbons (Fsp3) is 0.524. The summed E-state index contributed by atoms with van der Waals surface area (Å²) in [6, 6.07) is 0.779. The maximum absolute atomic E-state index is 14.2. The van der Waals surface area contributed by atoms with E-state index < -0.39 is 28.9 Å². The number of aromatic nitrogens is 2. The van der Waals surface area contributed by atoms with Gasteiger partial charge in [-0.05, 0) is 37.0 Å². The minimum atomic E-state index is -4.77. The molecule has 0 radical (unpaired) electrons. The van der Waals surface area contributed by atoms with Crippen molar-refractivity contribution in [3.05, 3.63) is 34.6 Å². The van der Waals surface area contributed by atoms with Crippen LogP contribution in [0.25, 0.3) is 11.3 Å². The summed E-state index contributed by atoms with van der Waals surface area (Å²) >= 11 is 0. The van der Waals surface area contributed by atoms with E-state index in [1.165, 1.54) is 12.8 Å². The summed E-state index contributed by atoms with van der Waals surface area (Å²) in [4.78, 5) is 0. The Kier molecular flexibility index (Phi) is 8.58. The van der Waals surface area contributed by atoms with Crippen molar-refractivity contribution in [2.24, 2.45) is 0 Å². The van der Waals surface area contributed by atoms with E-state index in [9.17, 15) is 22.7 Å². The molecule has 1 aliphatic heterocycles. The SMILES string of the molecule is CC.Nc1nnc(-c2c(O)cc(C(F)(F)F)cc2F)c2c1COCC2.OC1CCCC1. The molecule has 2 aliphatic rings. The number of ether oxygens (including phenoxy) is 1. The molecular formula is C21H27F4N3O3. The zero-order valence-electron chi connectivity index (χ0n) is 17.5. The van der Waals surface area contributed by atoms with Crippen LogP contribution in [0.3, 0.4) is 0 Å². The number of hydrogen-bond acceptors (Lipinski definition) is 6. The third-order valence-electron chi connectivity index (χ3n) is 4.92. The van der Waals surface area contributed by atoms with Gasteiger partial charge in [0, 0.05) is 5.56 Å². The van der Waals surface area contributed by atoms with Crippen molar-refractivity contribution in [3.8, 4) is 17.0 Å². The van der Waals surface area contributed by atoms with E-state index in [0.717, 1.165) is 12.8 Å². The van der Waals surface area contributed by atoms with E-state index in [2.05, 4.69) is 10.2 Å². The molecular weight excluding hydrogens is 418 g/mol. The zero-order chi connectivity index (χ0) is 23.2. The molecule has 31 heavy (non-hydrogen) atoms. The summed E-state index contributed by atoms with van der Waals surface area (Å²) in [5, 5.41) is 26.1. The Morgan fingerprint density at radius 1 is 1.10 bits per heavy atom. The molecule has 0 bridgehead atoms. The first-order valence-corrected chi connectivity index (χ1v) is 10.2. The molecule has 0 unspecified atom stereocenters. The third-order valence-corrected chi connectivity index (χ3v) is 4.92. The molecule has 4 rings (SSSR count). The van der Waals surface area contributed by atoms with Crippen molar-refractivity contribution in [3.63, 3.8) is 0 Å². The molecule has 1 fully saturated rings. The molecule has 1 aliphatic carbocycles. The molecule has 172 valence electrons. The second kappa shape index (κ2) is 10.7. The molecule has 4 N–H and O–H groups in total. The lowest BCUT2D eigenvalue weighted by Gasteiger charge is -2.20. The van der Waals surface area contributed by atoms with E-state index in [-0.39, 0.29) is 24.2 Å². The lowest BCUT2D eigenvalue weighted by Crippen LogP contribution is -2.16. The summed E-state index contributed by atoms with van der Waals surface area (Å²) < 4.78 is 57.5. The molecule has 0 saturated heterocycles. The molecule has 2 heterocycles. The number of nitrogen functional groups attached to an aromatic ring is 1. The number of aliphatic hydroxyl groups excluding tert-OH is 1. The van der Waals surface area contributed by atoms with E-state index in [0.29, 0.717) is 36.3 Å². The number of alkyl halides is 3. The van der Waals surface area contributed by atoms with Gasteiger partial charge < -0.3 is 20.7 Å². The number of nitrogens with two attached hydrogens (primary N) is 1. The van der Waals surface area contributed by atoms with Crippen LogP contribution in [0.5, 0.6) is 5.75 Å². The average Bonchev–Trinajstić information content (AvgIpc) is 3.21. The summed E-state index contributed by atoms with van der Waals surface area (Å²) in [5.41, 5.74) is 4.96. The number of nitrogens with zero attached hydrogens (tertiary/aromatic N) is 2. The summed E-state index contributed by atoms with van der Waals surface area (Å²) in [6.45, 7) is 4.47. The standard InChI is InChI=1S/C14H11F4N3O2.C5H10O.C2H6/c15-9-3-6(14(16,17)18)4-10(22)11(9)12-7-1-2-23-5-8(7)13(19)21-20-12;6-5-3-1-2-4-5;1-2/h3-4,22H,1-2,5H2,(H2,19,21);5-6H,1-4H2;1-2H3. The highest BCUT2D eigenvalue weighted by atomic mass is 19.4. The van der Waals surface area contributed by atoms with Crippen LogP contribution in [-0.2, 0) is 23.9 Å². The fourth-order valence-electron chi connectivity index (χ4n) is 3.40. The number of aromatic hydroxyl groups is 1. The van der Waals surface area contributed by atoms with Crippen LogP contribution in [0.4, 0.5) is 23.4 Å². The van der Waals surface area contributed by atoms with Gasteiger partial charge in [0.1, 0.15) is 17.3 Å². The first-order valence-electron chi connectivity index (χ1n) is 10.2. The van der Waals surface area contributed by atoms with Crippen molar-refractivity contribution >= 4 is 5.82 Å². The summed E-state index contributed by atoms with van der Waals surface area (Å²) in [5.74, 6) is -1.98. The number of halogens is 4. The highest BCUT2D eigenvalue weighted by molar-refractivity contribution is 5.73.